The van der Waals surface area contributed by atoms with Crippen molar-refractivity contribution >= 4 is 23.2 Å². The number of hydrogen-bond acceptors (Lipinski definition) is 2. The van der Waals surface area contributed by atoms with E-state index >= 15 is 0 Å². The van der Waals surface area contributed by atoms with Crippen LogP contribution in [0.1, 0.15) is 35.1 Å². The zero-order chi connectivity index (χ0) is 15.7. The summed E-state index contributed by atoms with van der Waals surface area (Å²) in [5.74, 6) is 0.224. The molecule has 0 heterocycles. The van der Waals surface area contributed by atoms with E-state index in [4.69, 9.17) is 32.7 Å². The van der Waals surface area contributed by atoms with Gasteiger partial charge in [0, 0.05) is 20.1 Å². The molecule has 2 aromatic rings. The lowest BCUT2D eigenvalue weighted by Gasteiger charge is -2.36. The van der Waals surface area contributed by atoms with Crippen LogP contribution in [0.4, 0.5) is 0 Å². The fourth-order valence-electron chi connectivity index (χ4n) is 3.31. The fraction of sp³-hybridized carbons (Fsp3) is 0.333. The molecule has 0 aliphatic heterocycles. The second-order valence-electron chi connectivity index (χ2n) is 5.52. The van der Waals surface area contributed by atoms with Crippen LogP contribution in [0.15, 0.2) is 42.5 Å². The quantitative estimate of drug-likeness (QED) is 0.763. The number of fused-ring (bicyclic) bond motifs is 1. The van der Waals surface area contributed by atoms with Crippen molar-refractivity contribution in [2.45, 2.75) is 24.5 Å². The first-order valence-electron chi connectivity index (χ1n) is 7.25. The van der Waals surface area contributed by atoms with Crippen LogP contribution in [0.25, 0.3) is 0 Å². The zero-order valence-corrected chi connectivity index (χ0v) is 14.1. The van der Waals surface area contributed by atoms with E-state index in [1.807, 2.05) is 24.3 Å². The van der Waals surface area contributed by atoms with Crippen LogP contribution >= 0.6 is 23.2 Å². The monoisotopic (exact) mass is 336 g/mol. The molecule has 22 heavy (non-hydrogen) atoms. The number of ether oxygens (including phenoxy) is 2. The minimum atomic E-state index is -0.0415. The van der Waals surface area contributed by atoms with Crippen LogP contribution in [0.5, 0.6) is 0 Å². The molecule has 0 spiro atoms. The lowest BCUT2D eigenvalue weighted by molar-refractivity contribution is -0.0497. The van der Waals surface area contributed by atoms with Gasteiger partial charge in [-0.2, -0.15) is 0 Å². The van der Waals surface area contributed by atoms with Gasteiger partial charge in [-0.15, -0.1) is 0 Å². The normalized spacial score (nSPS) is 24.1. The van der Waals surface area contributed by atoms with Gasteiger partial charge in [0.2, 0.25) is 0 Å². The van der Waals surface area contributed by atoms with Crippen LogP contribution in [0.3, 0.4) is 0 Å². The topological polar surface area (TPSA) is 18.5 Å². The number of methoxy groups -OCH3 is 2. The summed E-state index contributed by atoms with van der Waals surface area (Å²) in [4.78, 5) is 0. The predicted molar refractivity (Wildman–Crippen MR) is 89.9 cm³/mol. The Morgan fingerprint density at radius 2 is 1.64 bits per heavy atom. The highest BCUT2D eigenvalue weighted by atomic mass is 35.5. The highest BCUT2D eigenvalue weighted by molar-refractivity contribution is 6.42. The minimum absolute atomic E-state index is 0.0133. The summed E-state index contributed by atoms with van der Waals surface area (Å²) in [6.45, 7) is 0. The van der Waals surface area contributed by atoms with Gasteiger partial charge in [0.15, 0.2) is 0 Å². The Kier molecular flexibility index (Phi) is 4.74. The van der Waals surface area contributed by atoms with E-state index in [1.165, 1.54) is 11.1 Å². The molecule has 2 unspecified atom stereocenters. The van der Waals surface area contributed by atoms with Crippen LogP contribution in [0, 0.1) is 0 Å². The van der Waals surface area contributed by atoms with Crippen molar-refractivity contribution in [3.63, 3.8) is 0 Å². The van der Waals surface area contributed by atoms with E-state index in [-0.39, 0.29) is 18.1 Å². The smallest absolute Gasteiger partial charge is 0.109 e. The van der Waals surface area contributed by atoms with Crippen molar-refractivity contribution in [1.29, 1.82) is 0 Å². The number of benzene rings is 2. The first kappa shape index (κ1) is 15.8. The van der Waals surface area contributed by atoms with Crippen LogP contribution < -0.4 is 0 Å². The van der Waals surface area contributed by atoms with Gasteiger partial charge < -0.3 is 9.47 Å². The number of rotatable bonds is 3. The Morgan fingerprint density at radius 1 is 0.909 bits per heavy atom. The Labute approximate surface area is 141 Å². The summed E-state index contributed by atoms with van der Waals surface area (Å²) < 4.78 is 11.3. The van der Waals surface area contributed by atoms with Gasteiger partial charge in [0.25, 0.3) is 0 Å². The summed E-state index contributed by atoms with van der Waals surface area (Å²) >= 11 is 12.2. The van der Waals surface area contributed by atoms with Gasteiger partial charge in [-0.25, -0.2) is 0 Å². The Balaban J connectivity index is 2.09. The molecule has 4 heteroatoms. The predicted octanol–water partition coefficient (Wildman–Crippen LogP) is 5.23. The second kappa shape index (κ2) is 6.59. The molecule has 0 amide bonds. The molecule has 0 saturated carbocycles. The van der Waals surface area contributed by atoms with Crippen LogP contribution in [-0.2, 0) is 9.47 Å². The van der Waals surface area contributed by atoms with E-state index in [2.05, 4.69) is 18.2 Å². The van der Waals surface area contributed by atoms with E-state index in [9.17, 15) is 0 Å². The van der Waals surface area contributed by atoms with Crippen molar-refractivity contribution in [3.05, 3.63) is 69.2 Å². The summed E-state index contributed by atoms with van der Waals surface area (Å²) in [7, 11) is 3.46. The van der Waals surface area contributed by atoms with Crippen molar-refractivity contribution in [1.82, 2.24) is 0 Å². The van der Waals surface area contributed by atoms with Crippen molar-refractivity contribution in [2.24, 2.45) is 0 Å². The Hall–Kier alpha value is -1.06. The van der Waals surface area contributed by atoms with Gasteiger partial charge >= 0.3 is 0 Å². The molecular weight excluding hydrogens is 319 g/mol. The van der Waals surface area contributed by atoms with Gasteiger partial charge in [-0.1, -0.05) is 53.5 Å². The molecule has 0 radical (unpaired) electrons. The summed E-state index contributed by atoms with van der Waals surface area (Å²) in [6.07, 6.45) is 0.823. The lowest BCUT2D eigenvalue weighted by atomic mass is 9.76. The molecule has 0 aromatic heterocycles. The maximum Gasteiger partial charge on any atom is 0.109 e. The lowest BCUT2D eigenvalue weighted by Crippen LogP contribution is -2.31. The van der Waals surface area contributed by atoms with Crippen molar-refractivity contribution in [2.75, 3.05) is 14.2 Å². The Morgan fingerprint density at radius 3 is 2.27 bits per heavy atom. The molecule has 3 atom stereocenters. The standard InChI is InChI=1S/C18H18Cl2O2/c1-21-17-10-14(11-7-8-15(19)16(20)9-11)12-5-3-4-6-13(12)18(17)22-2/h3-9,14,17-18H,10H2,1-2H3/t14-,17?,18?/m0/s1. The first-order chi connectivity index (χ1) is 10.7. The number of hydrogen-bond donors (Lipinski definition) is 0. The summed E-state index contributed by atoms with van der Waals surface area (Å²) in [5.41, 5.74) is 3.60. The zero-order valence-electron chi connectivity index (χ0n) is 12.6. The molecule has 3 rings (SSSR count). The van der Waals surface area contributed by atoms with Gasteiger partial charge in [-0.05, 0) is 35.2 Å². The molecule has 1 aliphatic carbocycles. The second-order valence-corrected chi connectivity index (χ2v) is 6.34. The fourth-order valence-corrected chi connectivity index (χ4v) is 3.62. The van der Waals surface area contributed by atoms with Gasteiger partial charge in [0.1, 0.15) is 6.10 Å². The first-order valence-corrected chi connectivity index (χ1v) is 8.00. The summed E-state index contributed by atoms with van der Waals surface area (Å²) in [6, 6.07) is 14.2. The SMILES string of the molecule is COC1C[C@@H](c2ccc(Cl)c(Cl)c2)c2ccccc2C1OC. The molecule has 1 aliphatic rings. The molecule has 2 aromatic carbocycles. The highest BCUT2D eigenvalue weighted by Crippen LogP contribution is 2.44. The largest absolute Gasteiger partial charge is 0.378 e. The van der Waals surface area contributed by atoms with E-state index < -0.39 is 0 Å². The van der Waals surface area contributed by atoms with E-state index in [0.717, 1.165) is 12.0 Å². The van der Waals surface area contributed by atoms with Crippen LogP contribution in [0.2, 0.25) is 10.0 Å². The highest BCUT2D eigenvalue weighted by Gasteiger charge is 2.35. The van der Waals surface area contributed by atoms with Crippen LogP contribution in [-0.4, -0.2) is 20.3 Å². The maximum atomic E-state index is 6.20. The summed E-state index contributed by atoms with van der Waals surface area (Å²) in [5, 5.41) is 1.16. The molecule has 2 nitrogen and oxygen atoms in total. The van der Waals surface area contributed by atoms with Gasteiger partial charge in [0.05, 0.1) is 16.1 Å². The van der Waals surface area contributed by atoms with E-state index in [1.54, 1.807) is 14.2 Å². The van der Waals surface area contributed by atoms with Crippen molar-refractivity contribution in [3.8, 4) is 0 Å². The minimum Gasteiger partial charge on any atom is -0.378 e. The third kappa shape index (κ3) is 2.77. The maximum absolute atomic E-state index is 6.20. The van der Waals surface area contributed by atoms with Gasteiger partial charge in [-0.3, -0.25) is 0 Å². The molecule has 0 N–H and O–H groups in total. The van der Waals surface area contributed by atoms with Crippen molar-refractivity contribution < 1.29 is 9.47 Å². The average molecular weight is 337 g/mol. The molecule has 116 valence electrons. The molecule has 0 fully saturated rings. The third-order valence-electron chi connectivity index (χ3n) is 4.39. The molecule has 0 saturated heterocycles. The average Bonchev–Trinajstić information content (AvgIpc) is 2.55. The van der Waals surface area contributed by atoms with E-state index in [0.29, 0.717) is 10.0 Å². The third-order valence-corrected chi connectivity index (χ3v) is 5.13. The number of halogens is 2. The Bertz CT molecular complexity index is 672. The molecular formula is C18H18Cl2O2. The molecule has 0 bridgehead atoms.